The molecule has 1 aliphatic heterocycles. The lowest BCUT2D eigenvalue weighted by Gasteiger charge is -2.18. The molecule has 0 radical (unpaired) electrons. The number of aryl methyl sites for hydroxylation is 1. The average molecular weight is 468 g/mol. The van der Waals surface area contributed by atoms with E-state index in [9.17, 15) is 24.2 Å². The molecule has 0 aromatic carbocycles. The Hall–Kier alpha value is -1.61. The Morgan fingerprint density at radius 3 is 2.67 bits per heavy atom. The number of aliphatic hydroxyl groups is 1. The van der Waals surface area contributed by atoms with E-state index in [1.165, 1.54) is 22.6 Å². The van der Waals surface area contributed by atoms with E-state index in [4.69, 9.17) is 20.1 Å². The lowest BCUT2D eigenvalue weighted by Crippen LogP contribution is -2.35. The molecule has 18 heteroatoms. The second-order valence-corrected chi connectivity index (χ2v) is 10.1. The van der Waals surface area contributed by atoms with Crippen LogP contribution in [0.25, 0.3) is 11.2 Å². The standard InChI is InChI=1S/C12H20BN5O10P2/c1-17-4-18(9-6(17)10(20)16-12(14)15-9)11-8(25-2)7(19)5(27-11)3-26-30(23,24)28-29(13,21)22/h4-5,7-8,11,19H,3,13H2,1-2H3,(H4-,14,15,16,20,21,22,23,24)/p+1/t5-,7?,8+,11-/m1/s1. The van der Waals surface area contributed by atoms with E-state index < -0.39 is 46.4 Å². The molecule has 0 spiro atoms. The smallest absolute Gasteiger partial charge is 0.478 e. The monoisotopic (exact) mass is 468 g/mol. The lowest BCUT2D eigenvalue weighted by atomic mass is 10.1. The third-order valence-electron chi connectivity index (χ3n) is 4.28. The highest BCUT2D eigenvalue weighted by atomic mass is 31.3. The molecule has 30 heavy (non-hydrogen) atoms. The molecule has 1 saturated heterocycles. The summed E-state index contributed by atoms with van der Waals surface area (Å²) >= 11 is 0. The minimum Gasteiger partial charge on any atom is -0.490 e. The number of aromatic nitrogens is 4. The summed E-state index contributed by atoms with van der Waals surface area (Å²) in [7, 11) is -5.53. The Morgan fingerprint density at radius 1 is 1.40 bits per heavy atom. The number of fused-ring (bicyclic) bond motifs is 1. The van der Waals surface area contributed by atoms with Crippen molar-refractivity contribution in [3.8, 4) is 5.88 Å². The van der Waals surface area contributed by atoms with E-state index in [2.05, 4.69) is 18.8 Å². The molecule has 1 fully saturated rings. The second kappa shape index (κ2) is 8.15. The van der Waals surface area contributed by atoms with Crippen LogP contribution in [0.15, 0.2) is 6.33 Å². The van der Waals surface area contributed by atoms with Crippen molar-refractivity contribution in [1.82, 2.24) is 14.5 Å². The van der Waals surface area contributed by atoms with Gasteiger partial charge in [0.2, 0.25) is 18.5 Å². The van der Waals surface area contributed by atoms with Crippen molar-refractivity contribution in [3.05, 3.63) is 6.33 Å². The molecule has 3 unspecified atom stereocenters. The van der Waals surface area contributed by atoms with E-state index in [0.29, 0.717) is 0 Å². The zero-order valence-corrected chi connectivity index (χ0v) is 17.9. The summed E-state index contributed by atoms with van der Waals surface area (Å²) in [6.45, 7) is -0.654. The van der Waals surface area contributed by atoms with Gasteiger partial charge in [-0.25, -0.2) is 13.4 Å². The van der Waals surface area contributed by atoms with Gasteiger partial charge in [0.15, 0.2) is 6.10 Å². The van der Waals surface area contributed by atoms with Crippen molar-refractivity contribution >= 4 is 40.0 Å². The third kappa shape index (κ3) is 4.67. The van der Waals surface area contributed by atoms with Gasteiger partial charge < -0.3 is 35.2 Å². The van der Waals surface area contributed by atoms with Gasteiger partial charge in [-0.05, 0) is 0 Å². The number of nitrogens with zero attached hydrogens (tertiary/aromatic N) is 4. The van der Waals surface area contributed by atoms with Gasteiger partial charge in [-0.2, -0.15) is 14.5 Å². The van der Waals surface area contributed by atoms with E-state index in [1.807, 2.05) is 0 Å². The maximum absolute atomic E-state index is 11.8. The van der Waals surface area contributed by atoms with Gasteiger partial charge in [0.25, 0.3) is 32.1 Å². The summed E-state index contributed by atoms with van der Waals surface area (Å²) < 4.78 is 45.8. The van der Waals surface area contributed by atoms with Crippen molar-refractivity contribution in [2.45, 2.75) is 24.5 Å². The number of ether oxygens (including phenoxy) is 2. The van der Waals surface area contributed by atoms with Crippen molar-refractivity contribution in [1.29, 1.82) is 0 Å². The van der Waals surface area contributed by atoms with Gasteiger partial charge in [0.05, 0.1) is 13.7 Å². The maximum atomic E-state index is 11.8. The van der Waals surface area contributed by atoms with Crippen LogP contribution in [0.3, 0.4) is 0 Å². The van der Waals surface area contributed by atoms with Crippen LogP contribution in [0, 0.1) is 0 Å². The molecule has 6 N–H and O–H groups in total. The molecular weight excluding hydrogens is 447 g/mol. The molecule has 0 saturated carbocycles. The number of hydrogen-bond acceptors (Lipinski definition) is 11. The van der Waals surface area contributed by atoms with E-state index in [0.717, 1.165) is 7.57 Å². The first-order valence-electron chi connectivity index (χ1n) is 8.41. The van der Waals surface area contributed by atoms with Crippen molar-refractivity contribution in [2.75, 3.05) is 19.5 Å². The fraction of sp³-hybridized carbons (Fsp3) is 0.583. The maximum Gasteiger partial charge on any atom is 0.478 e. The lowest BCUT2D eigenvalue weighted by molar-refractivity contribution is -0.646. The number of aromatic hydroxyl groups is 1. The molecule has 6 atom stereocenters. The highest BCUT2D eigenvalue weighted by molar-refractivity contribution is 7.82. The van der Waals surface area contributed by atoms with E-state index >= 15 is 0 Å². The first-order chi connectivity index (χ1) is 13.8. The zero-order chi connectivity index (χ0) is 22.4. The summed E-state index contributed by atoms with van der Waals surface area (Å²) in [5.41, 5.74) is 6.04. The number of nitrogen functional groups attached to an aromatic ring is 1. The largest absolute Gasteiger partial charge is 0.490 e. The topological polar surface area (TPSA) is 213 Å². The van der Waals surface area contributed by atoms with Gasteiger partial charge in [-0.15, -0.1) is 0 Å². The summed E-state index contributed by atoms with van der Waals surface area (Å²) in [6, 6.07) is 0. The highest BCUT2D eigenvalue weighted by Crippen LogP contribution is 2.57. The molecule has 0 aliphatic carbocycles. The van der Waals surface area contributed by atoms with Crippen LogP contribution in [-0.4, -0.2) is 74.1 Å². The molecule has 1 aliphatic rings. The van der Waals surface area contributed by atoms with Crippen LogP contribution in [0.4, 0.5) is 5.95 Å². The molecule has 3 heterocycles. The summed E-state index contributed by atoms with van der Waals surface area (Å²) in [5, 5.41) is 20.6. The van der Waals surface area contributed by atoms with Crippen LogP contribution < -0.4 is 10.3 Å². The summed E-state index contributed by atoms with van der Waals surface area (Å²) in [4.78, 5) is 26.4. The number of aliphatic hydroxyl groups excluding tert-OH is 1. The Labute approximate surface area is 170 Å². The quantitative estimate of drug-likeness (QED) is 0.164. The second-order valence-electron chi connectivity index (χ2n) is 6.62. The Bertz CT molecular complexity index is 1050. The number of phosphoric ester groups is 1. The number of rotatable bonds is 7. The van der Waals surface area contributed by atoms with Gasteiger partial charge in [-0.1, -0.05) is 0 Å². The minimum absolute atomic E-state index is 0.187. The zero-order valence-electron chi connectivity index (χ0n) is 16.1. The molecule has 3 rings (SSSR count). The SMILES string of the molecule is BP(=O)(O)OP(=O)(O)OC[C@H]1O[C@@H](n2c[n+](C)c3c(O)nc(N)nc32)[C@@H](OC)C1O. The van der Waals surface area contributed by atoms with Crippen LogP contribution in [-0.2, 0) is 34.5 Å². The molecule has 2 aromatic rings. The number of anilines is 1. The first kappa shape index (κ1) is 23.1. The average Bonchev–Trinajstić information content (AvgIpc) is 3.07. The molecule has 166 valence electrons. The molecular formula is C12H21BN5O10P2+. The Kier molecular flexibility index (Phi) is 6.27. The van der Waals surface area contributed by atoms with Gasteiger partial charge in [0, 0.05) is 7.11 Å². The Balaban J connectivity index is 1.87. The van der Waals surface area contributed by atoms with Crippen LogP contribution in [0.2, 0.25) is 0 Å². The number of nitrogens with two attached hydrogens (primary N) is 1. The van der Waals surface area contributed by atoms with Crippen LogP contribution >= 0.6 is 15.3 Å². The van der Waals surface area contributed by atoms with Gasteiger partial charge >= 0.3 is 7.82 Å². The van der Waals surface area contributed by atoms with Crippen LogP contribution in [0.5, 0.6) is 5.88 Å². The van der Waals surface area contributed by atoms with Crippen molar-refractivity contribution in [3.63, 3.8) is 0 Å². The number of methoxy groups -OCH3 is 1. The van der Waals surface area contributed by atoms with Crippen molar-refractivity contribution < 1.29 is 52.0 Å². The normalized spacial score (nSPS) is 28.4. The molecule has 15 nitrogen and oxygen atoms in total. The van der Waals surface area contributed by atoms with Gasteiger partial charge in [0.1, 0.15) is 12.2 Å². The molecule has 0 bridgehead atoms. The fourth-order valence-electron chi connectivity index (χ4n) is 3.15. The predicted molar refractivity (Wildman–Crippen MR) is 101 cm³/mol. The first-order valence-corrected chi connectivity index (χ1v) is 11.9. The third-order valence-corrected chi connectivity index (χ3v) is 6.79. The van der Waals surface area contributed by atoms with Gasteiger partial charge in [-0.3, -0.25) is 9.09 Å². The fourth-order valence-corrected chi connectivity index (χ4v) is 5.20. The highest BCUT2D eigenvalue weighted by Gasteiger charge is 2.50. The Morgan fingerprint density at radius 2 is 2.07 bits per heavy atom. The van der Waals surface area contributed by atoms with Crippen molar-refractivity contribution in [2.24, 2.45) is 7.05 Å². The molecule has 0 amide bonds. The molecule has 2 aromatic heterocycles. The summed E-state index contributed by atoms with van der Waals surface area (Å²) in [5.74, 6) is -0.559. The van der Waals surface area contributed by atoms with E-state index in [-0.39, 0.29) is 23.0 Å². The minimum atomic E-state index is -4.89. The number of phosphoric acid groups is 1. The summed E-state index contributed by atoms with van der Waals surface area (Å²) in [6.07, 6.45) is -2.95. The number of hydrogen-bond donors (Lipinski definition) is 5. The van der Waals surface area contributed by atoms with Crippen LogP contribution in [0.1, 0.15) is 6.23 Å². The predicted octanol–water partition coefficient (Wildman–Crippen LogP) is -2.32. The number of imidazole rings is 1. The van der Waals surface area contributed by atoms with E-state index in [1.54, 1.807) is 7.05 Å².